The fourth-order valence-electron chi connectivity index (χ4n) is 3.27. The molecule has 0 atom stereocenters. The van der Waals surface area contributed by atoms with Crippen LogP contribution in [0, 0.1) is 18.3 Å². The van der Waals surface area contributed by atoms with Crippen LogP contribution in [0.2, 0.25) is 0 Å². The molecule has 4 nitrogen and oxygen atoms in total. The van der Waals surface area contributed by atoms with E-state index in [1.54, 1.807) is 0 Å². The largest absolute Gasteiger partial charge is 0.510 e. The van der Waals surface area contributed by atoms with Gasteiger partial charge in [0.25, 0.3) is 0 Å². The molecule has 2 N–H and O–H groups in total. The van der Waals surface area contributed by atoms with Crippen LogP contribution in [0.1, 0.15) is 18.4 Å². The third-order valence-electron chi connectivity index (χ3n) is 4.62. The molecule has 1 fully saturated rings. The highest BCUT2D eigenvalue weighted by atomic mass is 16.3. The predicted octanol–water partition coefficient (Wildman–Crippen LogP) is 2.95. The maximum Gasteiger partial charge on any atom is 0.132 e. The summed E-state index contributed by atoms with van der Waals surface area (Å²) in [5.74, 6) is 1.19. The van der Waals surface area contributed by atoms with Gasteiger partial charge in [0.15, 0.2) is 0 Å². The van der Waals surface area contributed by atoms with Crippen molar-refractivity contribution in [2.24, 2.45) is 5.92 Å². The number of benzene rings is 1. The lowest BCUT2D eigenvalue weighted by Crippen LogP contribution is -2.34. The molecule has 112 valence electrons. The highest BCUT2D eigenvalue weighted by molar-refractivity contribution is 6.11. The van der Waals surface area contributed by atoms with E-state index in [-0.39, 0.29) is 0 Å². The molecule has 1 saturated heterocycles. The van der Waals surface area contributed by atoms with Gasteiger partial charge < -0.3 is 14.9 Å². The number of nitrogens with zero attached hydrogens (tertiary/aromatic N) is 2. The summed E-state index contributed by atoms with van der Waals surface area (Å²) < 4.78 is 0. The summed E-state index contributed by atoms with van der Waals surface area (Å²) in [5.41, 5.74) is 3.06. The van der Waals surface area contributed by atoms with E-state index in [9.17, 15) is 5.11 Å². The Kier molecular flexibility index (Phi) is 3.72. The summed E-state index contributed by atoms with van der Waals surface area (Å²) in [6, 6.07) is 8.14. The first-order valence-electron chi connectivity index (χ1n) is 7.60. The Balaban J connectivity index is 1.79. The van der Waals surface area contributed by atoms with E-state index in [1.807, 2.05) is 29.2 Å². The molecule has 0 aliphatic carbocycles. The molecule has 3 rings (SSSR count). The average Bonchev–Trinajstić information content (AvgIpc) is 2.76. The molecule has 0 bridgehead atoms. The van der Waals surface area contributed by atoms with Gasteiger partial charge in [-0.15, -0.1) is 0 Å². The molecule has 0 saturated carbocycles. The zero-order valence-electron chi connectivity index (χ0n) is 12.8. The molecule has 2 heterocycles. The van der Waals surface area contributed by atoms with Crippen molar-refractivity contribution >= 4 is 11.5 Å². The summed E-state index contributed by atoms with van der Waals surface area (Å²) in [4.78, 5) is 4.22. The number of hydrogen-bond donors (Lipinski definition) is 2. The molecular formula is C17H23N3O. The molecule has 0 amide bonds. The number of aryl methyl sites for hydroxylation is 1. The first-order valence-corrected chi connectivity index (χ1v) is 7.60. The standard InChI is InChI=1S/C17H23N3O/c1-12-3-5-14(6-4-12)20-11-15(21)16(17(20)18)13-7-9-19(2)10-8-13/h3-6,13,18,21H,7-11H2,1-2H3. The van der Waals surface area contributed by atoms with Gasteiger partial charge in [0, 0.05) is 11.3 Å². The van der Waals surface area contributed by atoms with Crippen LogP contribution in [-0.2, 0) is 0 Å². The van der Waals surface area contributed by atoms with Gasteiger partial charge in [-0.3, -0.25) is 5.41 Å². The number of anilines is 1. The first kappa shape index (κ1) is 14.1. The fourth-order valence-corrected chi connectivity index (χ4v) is 3.27. The lowest BCUT2D eigenvalue weighted by Gasteiger charge is -2.30. The van der Waals surface area contributed by atoms with Gasteiger partial charge >= 0.3 is 0 Å². The van der Waals surface area contributed by atoms with Crippen molar-refractivity contribution in [2.75, 3.05) is 31.6 Å². The Morgan fingerprint density at radius 2 is 1.76 bits per heavy atom. The van der Waals surface area contributed by atoms with Crippen LogP contribution in [0.25, 0.3) is 0 Å². The van der Waals surface area contributed by atoms with Crippen molar-refractivity contribution in [3.05, 3.63) is 41.2 Å². The predicted molar refractivity (Wildman–Crippen MR) is 86.1 cm³/mol. The summed E-state index contributed by atoms with van der Waals surface area (Å²) in [5, 5.41) is 18.8. The van der Waals surface area contributed by atoms with Crippen LogP contribution < -0.4 is 4.90 Å². The van der Waals surface area contributed by atoms with Crippen molar-refractivity contribution in [3.8, 4) is 0 Å². The van der Waals surface area contributed by atoms with E-state index in [0.29, 0.717) is 24.1 Å². The minimum Gasteiger partial charge on any atom is -0.510 e. The van der Waals surface area contributed by atoms with Crippen LogP contribution in [0.5, 0.6) is 0 Å². The molecule has 0 aromatic heterocycles. The fraction of sp³-hybridized carbons (Fsp3) is 0.471. The summed E-state index contributed by atoms with van der Waals surface area (Å²) in [6.07, 6.45) is 2.06. The van der Waals surface area contributed by atoms with Crippen molar-refractivity contribution < 1.29 is 5.11 Å². The van der Waals surface area contributed by atoms with Gasteiger partial charge in [-0.25, -0.2) is 0 Å². The number of aliphatic hydroxyl groups is 1. The summed E-state index contributed by atoms with van der Waals surface area (Å²) >= 11 is 0. The second-order valence-corrected chi connectivity index (χ2v) is 6.21. The van der Waals surface area contributed by atoms with Crippen LogP contribution in [0.4, 0.5) is 5.69 Å². The molecule has 2 aliphatic rings. The van der Waals surface area contributed by atoms with Crippen molar-refractivity contribution in [1.29, 1.82) is 5.41 Å². The van der Waals surface area contributed by atoms with Crippen molar-refractivity contribution in [2.45, 2.75) is 19.8 Å². The van der Waals surface area contributed by atoms with Gasteiger partial charge in [-0.2, -0.15) is 0 Å². The van der Waals surface area contributed by atoms with Crippen LogP contribution in [0.3, 0.4) is 0 Å². The normalized spacial score (nSPS) is 21.4. The lowest BCUT2D eigenvalue weighted by atomic mass is 9.88. The number of hydrogen-bond acceptors (Lipinski definition) is 3. The molecular weight excluding hydrogens is 262 g/mol. The maximum absolute atomic E-state index is 10.3. The molecule has 1 aromatic rings. The smallest absolute Gasteiger partial charge is 0.132 e. The number of likely N-dealkylation sites (tertiary alicyclic amines) is 1. The van der Waals surface area contributed by atoms with Crippen LogP contribution in [-0.4, -0.2) is 42.5 Å². The molecule has 21 heavy (non-hydrogen) atoms. The molecule has 0 unspecified atom stereocenters. The second kappa shape index (κ2) is 5.53. The van der Waals surface area contributed by atoms with Crippen LogP contribution >= 0.6 is 0 Å². The quantitative estimate of drug-likeness (QED) is 0.878. The minimum absolute atomic E-state index is 0.323. The molecule has 4 heteroatoms. The number of aliphatic hydroxyl groups excluding tert-OH is 1. The molecule has 1 aromatic carbocycles. The highest BCUT2D eigenvalue weighted by Crippen LogP contribution is 2.33. The monoisotopic (exact) mass is 285 g/mol. The lowest BCUT2D eigenvalue weighted by molar-refractivity contribution is 0.237. The molecule has 2 aliphatic heterocycles. The Morgan fingerprint density at radius 3 is 2.38 bits per heavy atom. The van der Waals surface area contributed by atoms with Gasteiger partial charge in [0.2, 0.25) is 0 Å². The first-order chi connectivity index (χ1) is 10.1. The summed E-state index contributed by atoms with van der Waals surface area (Å²) in [7, 11) is 2.13. The second-order valence-electron chi connectivity index (χ2n) is 6.21. The van der Waals surface area contributed by atoms with E-state index < -0.39 is 0 Å². The third-order valence-corrected chi connectivity index (χ3v) is 4.62. The zero-order chi connectivity index (χ0) is 15.0. The number of piperidine rings is 1. The zero-order valence-corrected chi connectivity index (χ0v) is 12.8. The van der Waals surface area contributed by atoms with Crippen molar-refractivity contribution in [3.63, 3.8) is 0 Å². The Morgan fingerprint density at radius 1 is 1.14 bits per heavy atom. The number of amidine groups is 1. The van der Waals surface area contributed by atoms with Gasteiger partial charge in [0.1, 0.15) is 11.6 Å². The minimum atomic E-state index is 0.323. The van der Waals surface area contributed by atoms with E-state index in [0.717, 1.165) is 37.2 Å². The van der Waals surface area contributed by atoms with E-state index in [2.05, 4.69) is 18.9 Å². The third kappa shape index (κ3) is 2.68. The number of rotatable bonds is 2. The van der Waals surface area contributed by atoms with Gasteiger partial charge in [-0.1, -0.05) is 17.7 Å². The Hall–Kier alpha value is -1.81. The number of nitrogens with one attached hydrogen (secondary N) is 1. The topological polar surface area (TPSA) is 50.6 Å². The van der Waals surface area contributed by atoms with Gasteiger partial charge in [0.05, 0.1) is 6.54 Å². The van der Waals surface area contributed by atoms with E-state index in [1.165, 1.54) is 5.56 Å². The highest BCUT2D eigenvalue weighted by Gasteiger charge is 2.34. The Labute approximate surface area is 126 Å². The molecule has 0 radical (unpaired) electrons. The SMILES string of the molecule is Cc1ccc(N2CC(O)=C(C3CCN(C)CC3)C2=N)cc1. The van der Waals surface area contributed by atoms with Crippen molar-refractivity contribution in [1.82, 2.24) is 4.90 Å². The average molecular weight is 285 g/mol. The van der Waals surface area contributed by atoms with E-state index in [4.69, 9.17) is 5.41 Å². The summed E-state index contributed by atoms with van der Waals surface area (Å²) in [6.45, 7) is 4.57. The van der Waals surface area contributed by atoms with Gasteiger partial charge in [-0.05, 0) is 58.0 Å². The van der Waals surface area contributed by atoms with Crippen LogP contribution in [0.15, 0.2) is 35.6 Å². The van der Waals surface area contributed by atoms with E-state index >= 15 is 0 Å². The Bertz CT molecular complexity index is 568. The maximum atomic E-state index is 10.3. The molecule has 0 spiro atoms.